The van der Waals surface area contributed by atoms with Crippen LogP contribution in [0.4, 0.5) is 14.9 Å². The minimum Gasteiger partial charge on any atom is -0.454 e. The van der Waals surface area contributed by atoms with Crippen LogP contribution in [0.25, 0.3) is 0 Å². The maximum atomic E-state index is 13.1. The van der Waals surface area contributed by atoms with Crippen molar-refractivity contribution in [3.8, 4) is 0 Å². The Bertz CT molecular complexity index is 960. The van der Waals surface area contributed by atoms with E-state index in [0.717, 1.165) is 11.3 Å². The lowest BCUT2D eigenvalue weighted by Gasteiger charge is -2.36. The van der Waals surface area contributed by atoms with Crippen molar-refractivity contribution < 1.29 is 28.2 Å². The van der Waals surface area contributed by atoms with Crippen LogP contribution in [0.3, 0.4) is 0 Å². The van der Waals surface area contributed by atoms with E-state index in [1.54, 1.807) is 30.9 Å². The Balaban J connectivity index is 1.42. The van der Waals surface area contributed by atoms with Gasteiger partial charge in [-0.05, 0) is 35.7 Å². The van der Waals surface area contributed by atoms with Gasteiger partial charge in [-0.3, -0.25) is 4.79 Å². The van der Waals surface area contributed by atoms with Crippen LogP contribution in [0, 0.1) is 11.7 Å². The van der Waals surface area contributed by atoms with Crippen LogP contribution in [0.1, 0.15) is 19.4 Å². The minimum atomic E-state index is -0.939. The standard InChI is InChI=1S/C25H30FN3O5/c1-18(2)23(27-25(32)34-16-19-6-4-3-5-7-19)24(31)33-17-22(30)29-14-12-28(13-15-29)21-10-8-20(26)9-11-21/h3-11,18,23H,12-17H2,1-2H3,(H,27,32)/t23-/m0/s1. The van der Waals surface area contributed by atoms with Gasteiger partial charge in [0, 0.05) is 31.9 Å². The van der Waals surface area contributed by atoms with Gasteiger partial charge in [-0.25, -0.2) is 14.0 Å². The van der Waals surface area contributed by atoms with Gasteiger partial charge in [-0.1, -0.05) is 44.2 Å². The first-order chi connectivity index (χ1) is 16.3. The highest BCUT2D eigenvalue weighted by molar-refractivity contribution is 5.85. The topological polar surface area (TPSA) is 88.2 Å². The molecule has 0 unspecified atom stereocenters. The second-order valence-electron chi connectivity index (χ2n) is 8.38. The third-order valence-electron chi connectivity index (χ3n) is 5.57. The summed E-state index contributed by atoms with van der Waals surface area (Å²) in [4.78, 5) is 40.9. The van der Waals surface area contributed by atoms with Crippen LogP contribution in [-0.2, 0) is 25.7 Å². The summed E-state index contributed by atoms with van der Waals surface area (Å²) < 4.78 is 23.5. The first kappa shape index (κ1) is 25.0. The molecular formula is C25H30FN3O5. The monoisotopic (exact) mass is 471 g/mol. The molecule has 1 saturated heterocycles. The lowest BCUT2D eigenvalue weighted by atomic mass is 10.1. The average Bonchev–Trinajstić information content (AvgIpc) is 2.85. The molecule has 0 radical (unpaired) electrons. The van der Waals surface area contributed by atoms with Gasteiger partial charge in [0.15, 0.2) is 6.61 Å². The molecular weight excluding hydrogens is 441 g/mol. The lowest BCUT2D eigenvalue weighted by Crippen LogP contribution is -2.50. The predicted octanol–water partition coefficient (Wildman–Crippen LogP) is 2.97. The van der Waals surface area contributed by atoms with Crippen LogP contribution >= 0.6 is 0 Å². The third kappa shape index (κ3) is 7.19. The van der Waals surface area contributed by atoms with Gasteiger partial charge in [-0.15, -0.1) is 0 Å². The van der Waals surface area contributed by atoms with Crippen molar-refractivity contribution in [2.45, 2.75) is 26.5 Å². The molecule has 1 aliphatic heterocycles. The molecule has 2 aromatic carbocycles. The number of benzene rings is 2. The summed E-state index contributed by atoms with van der Waals surface area (Å²) in [6.07, 6.45) is -0.734. The molecule has 1 fully saturated rings. The van der Waals surface area contributed by atoms with Gasteiger partial charge in [0.05, 0.1) is 0 Å². The average molecular weight is 472 g/mol. The summed E-state index contributed by atoms with van der Waals surface area (Å²) in [5.74, 6) is -1.55. The molecule has 2 amide bonds. The van der Waals surface area contributed by atoms with E-state index in [4.69, 9.17) is 9.47 Å². The van der Waals surface area contributed by atoms with Gasteiger partial charge in [-0.2, -0.15) is 0 Å². The lowest BCUT2D eigenvalue weighted by molar-refractivity contribution is -0.154. The number of rotatable bonds is 8. The number of halogens is 1. The number of anilines is 1. The van der Waals surface area contributed by atoms with Crippen LogP contribution < -0.4 is 10.2 Å². The summed E-state index contributed by atoms with van der Waals surface area (Å²) in [5, 5.41) is 2.52. The maximum Gasteiger partial charge on any atom is 0.408 e. The van der Waals surface area contributed by atoms with Crippen LogP contribution in [-0.4, -0.2) is 61.7 Å². The highest BCUT2D eigenvalue weighted by Gasteiger charge is 2.28. The van der Waals surface area contributed by atoms with Crippen LogP contribution in [0.2, 0.25) is 0 Å². The Morgan fingerprint density at radius 1 is 0.941 bits per heavy atom. The quantitative estimate of drug-likeness (QED) is 0.596. The van der Waals surface area contributed by atoms with E-state index < -0.39 is 24.7 Å². The molecule has 1 atom stereocenters. The number of nitrogens with zero attached hydrogens (tertiary/aromatic N) is 2. The number of esters is 1. The number of hydrogen-bond donors (Lipinski definition) is 1. The highest BCUT2D eigenvalue weighted by atomic mass is 19.1. The van der Waals surface area contributed by atoms with Gasteiger partial charge in [0.2, 0.25) is 0 Å². The Morgan fingerprint density at radius 3 is 2.21 bits per heavy atom. The molecule has 9 heteroatoms. The fourth-order valence-electron chi connectivity index (χ4n) is 3.57. The first-order valence-electron chi connectivity index (χ1n) is 11.3. The van der Waals surface area contributed by atoms with E-state index in [0.29, 0.717) is 26.2 Å². The Morgan fingerprint density at radius 2 is 1.59 bits per heavy atom. The van der Waals surface area contributed by atoms with Crippen molar-refractivity contribution in [1.29, 1.82) is 0 Å². The fourth-order valence-corrected chi connectivity index (χ4v) is 3.57. The summed E-state index contributed by atoms with van der Waals surface area (Å²) in [5.41, 5.74) is 1.72. The number of carbonyl (C=O) groups excluding carboxylic acids is 3. The summed E-state index contributed by atoms with van der Waals surface area (Å²) in [6, 6.07) is 14.5. The number of alkyl carbamates (subject to hydrolysis) is 1. The van der Waals surface area contributed by atoms with Crippen molar-refractivity contribution in [3.05, 3.63) is 66.0 Å². The molecule has 2 aromatic rings. The zero-order valence-electron chi connectivity index (χ0n) is 19.4. The molecule has 1 N–H and O–H groups in total. The summed E-state index contributed by atoms with van der Waals surface area (Å²) in [7, 11) is 0. The molecule has 1 aliphatic rings. The number of carbonyl (C=O) groups is 3. The number of amides is 2. The summed E-state index contributed by atoms with van der Waals surface area (Å²) >= 11 is 0. The van der Waals surface area contributed by atoms with Crippen LogP contribution in [0.15, 0.2) is 54.6 Å². The molecule has 34 heavy (non-hydrogen) atoms. The smallest absolute Gasteiger partial charge is 0.408 e. The van der Waals surface area contributed by atoms with E-state index in [1.807, 2.05) is 30.3 Å². The van der Waals surface area contributed by atoms with Crippen LogP contribution in [0.5, 0.6) is 0 Å². The zero-order valence-corrected chi connectivity index (χ0v) is 19.4. The number of hydrogen-bond acceptors (Lipinski definition) is 6. The van der Waals surface area contributed by atoms with Crippen molar-refractivity contribution >= 4 is 23.7 Å². The molecule has 1 heterocycles. The SMILES string of the molecule is CC(C)[C@H](NC(=O)OCc1ccccc1)C(=O)OCC(=O)N1CCN(c2ccc(F)cc2)CC1. The second kappa shape index (κ2) is 12.0. The highest BCUT2D eigenvalue weighted by Crippen LogP contribution is 2.17. The van der Waals surface area contributed by atoms with Crippen molar-refractivity contribution in [2.24, 2.45) is 5.92 Å². The molecule has 0 saturated carbocycles. The van der Waals surface area contributed by atoms with E-state index in [1.165, 1.54) is 12.1 Å². The number of piperazine rings is 1. The van der Waals surface area contributed by atoms with Gasteiger partial charge < -0.3 is 24.6 Å². The van der Waals surface area contributed by atoms with E-state index in [-0.39, 0.29) is 24.2 Å². The normalized spacial score (nSPS) is 14.5. The second-order valence-corrected chi connectivity index (χ2v) is 8.38. The third-order valence-corrected chi connectivity index (χ3v) is 5.57. The molecule has 0 bridgehead atoms. The largest absolute Gasteiger partial charge is 0.454 e. The van der Waals surface area contributed by atoms with Crippen molar-refractivity contribution in [2.75, 3.05) is 37.7 Å². The molecule has 182 valence electrons. The minimum absolute atomic E-state index is 0.0783. The van der Waals surface area contributed by atoms with Crippen molar-refractivity contribution in [3.63, 3.8) is 0 Å². The Kier molecular flexibility index (Phi) is 8.84. The maximum absolute atomic E-state index is 13.1. The number of nitrogens with one attached hydrogen (secondary N) is 1. The van der Waals surface area contributed by atoms with Gasteiger partial charge in [0.25, 0.3) is 5.91 Å². The fraction of sp³-hybridized carbons (Fsp3) is 0.400. The molecule has 8 nitrogen and oxygen atoms in total. The zero-order chi connectivity index (χ0) is 24.5. The Labute approximate surface area is 198 Å². The molecule has 0 aliphatic carbocycles. The number of ether oxygens (including phenoxy) is 2. The van der Waals surface area contributed by atoms with Gasteiger partial charge in [0.1, 0.15) is 18.5 Å². The summed E-state index contributed by atoms with van der Waals surface area (Å²) in [6.45, 7) is 5.31. The first-order valence-corrected chi connectivity index (χ1v) is 11.3. The van der Waals surface area contributed by atoms with Crippen molar-refractivity contribution in [1.82, 2.24) is 10.2 Å². The molecule has 3 rings (SSSR count). The van der Waals surface area contributed by atoms with E-state index in [2.05, 4.69) is 10.2 Å². The molecule has 0 spiro atoms. The predicted molar refractivity (Wildman–Crippen MR) is 125 cm³/mol. The Hall–Kier alpha value is -3.62. The van der Waals surface area contributed by atoms with E-state index >= 15 is 0 Å². The van der Waals surface area contributed by atoms with Gasteiger partial charge >= 0.3 is 12.1 Å². The molecule has 0 aromatic heterocycles. The van der Waals surface area contributed by atoms with E-state index in [9.17, 15) is 18.8 Å².